The van der Waals surface area contributed by atoms with Crippen molar-refractivity contribution in [3.63, 3.8) is 0 Å². The predicted octanol–water partition coefficient (Wildman–Crippen LogP) is 2.55. The van der Waals surface area contributed by atoms with Gasteiger partial charge in [0.05, 0.1) is 16.7 Å². The Morgan fingerprint density at radius 1 is 1.48 bits per heavy atom. The normalized spacial score (nSPS) is 12.0. The van der Waals surface area contributed by atoms with E-state index in [1.807, 2.05) is 0 Å². The fourth-order valence-corrected chi connectivity index (χ4v) is 1.90. The quantitative estimate of drug-likeness (QED) is 0.490. The number of benzene rings is 1. The second-order valence-electron chi connectivity index (χ2n) is 4.75. The van der Waals surface area contributed by atoms with Crippen molar-refractivity contribution >= 4 is 11.7 Å². The molecule has 0 aliphatic rings. The highest BCUT2D eigenvalue weighted by molar-refractivity contribution is 5.88. The van der Waals surface area contributed by atoms with Crippen LogP contribution in [-0.2, 0) is 11.8 Å². The van der Waals surface area contributed by atoms with E-state index in [1.54, 1.807) is 39.2 Å². The molecule has 0 bridgehead atoms. The zero-order valence-corrected chi connectivity index (χ0v) is 11.9. The van der Waals surface area contributed by atoms with Gasteiger partial charge in [-0.2, -0.15) is 5.10 Å². The molecule has 110 valence electrons. The third-order valence-electron chi connectivity index (χ3n) is 3.12. The summed E-state index contributed by atoms with van der Waals surface area (Å²) in [6.07, 6.45) is 2.37. The van der Waals surface area contributed by atoms with Gasteiger partial charge in [0.1, 0.15) is 6.10 Å². The average Bonchev–Trinajstić information content (AvgIpc) is 2.85. The van der Waals surface area contributed by atoms with Gasteiger partial charge >= 0.3 is 5.97 Å². The van der Waals surface area contributed by atoms with Crippen molar-refractivity contribution in [2.75, 3.05) is 0 Å². The molecule has 0 aliphatic heterocycles. The van der Waals surface area contributed by atoms with Crippen LogP contribution in [0.5, 0.6) is 0 Å². The standard InChI is InChI=1S/C14H15N3O4/c1-9-4-5-11(6-13(9)17(19)20)10(2)21-14(18)12-7-15-16(3)8-12/h4-8,10H,1-3H3. The molecule has 1 heterocycles. The summed E-state index contributed by atoms with van der Waals surface area (Å²) in [6.45, 7) is 3.33. The Morgan fingerprint density at radius 3 is 2.76 bits per heavy atom. The Morgan fingerprint density at radius 2 is 2.19 bits per heavy atom. The zero-order chi connectivity index (χ0) is 15.6. The summed E-state index contributed by atoms with van der Waals surface area (Å²) >= 11 is 0. The number of aromatic nitrogens is 2. The van der Waals surface area contributed by atoms with Gasteiger partial charge in [-0.1, -0.05) is 12.1 Å². The van der Waals surface area contributed by atoms with Crippen molar-refractivity contribution < 1.29 is 14.5 Å². The fourth-order valence-electron chi connectivity index (χ4n) is 1.90. The van der Waals surface area contributed by atoms with Crippen LogP contribution in [0.4, 0.5) is 5.69 Å². The van der Waals surface area contributed by atoms with Gasteiger partial charge in [0.2, 0.25) is 0 Å². The first kappa shape index (κ1) is 14.7. The molecule has 1 aromatic carbocycles. The van der Waals surface area contributed by atoms with Crippen molar-refractivity contribution in [2.24, 2.45) is 7.05 Å². The van der Waals surface area contributed by atoms with Crippen molar-refractivity contribution in [1.82, 2.24) is 9.78 Å². The molecule has 1 aromatic heterocycles. The number of ether oxygens (including phenoxy) is 1. The molecule has 0 N–H and O–H groups in total. The van der Waals surface area contributed by atoms with Gasteiger partial charge in [-0.25, -0.2) is 4.79 Å². The molecule has 2 rings (SSSR count). The maximum absolute atomic E-state index is 11.9. The molecule has 0 spiro atoms. The smallest absolute Gasteiger partial charge is 0.341 e. The first-order valence-electron chi connectivity index (χ1n) is 6.33. The first-order valence-corrected chi connectivity index (χ1v) is 6.33. The lowest BCUT2D eigenvalue weighted by molar-refractivity contribution is -0.385. The molecule has 0 saturated heterocycles. The maximum Gasteiger partial charge on any atom is 0.341 e. The van der Waals surface area contributed by atoms with Crippen LogP contribution in [0.3, 0.4) is 0 Å². The van der Waals surface area contributed by atoms with E-state index in [4.69, 9.17) is 4.74 Å². The second kappa shape index (κ2) is 5.74. The van der Waals surface area contributed by atoms with Crippen molar-refractivity contribution in [3.05, 3.63) is 57.4 Å². The average molecular weight is 289 g/mol. The second-order valence-corrected chi connectivity index (χ2v) is 4.75. The largest absolute Gasteiger partial charge is 0.454 e. The Bertz CT molecular complexity index is 693. The minimum absolute atomic E-state index is 0.0109. The predicted molar refractivity (Wildman–Crippen MR) is 74.9 cm³/mol. The van der Waals surface area contributed by atoms with Crippen molar-refractivity contribution in [3.8, 4) is 0 Å². The summed E-state index contributed by atoms with van der Waals surface area (Å²) in [5.74, 6) is -0.515. The van der Waals surface area contributed by atoms with E-state index in [2.05, 4.69) is 5.10 Å². The number of aryl methyl sites for hydroxylation is 2. The monoisotopic (exact) mass is 289 g/mol. The number of nitro benzene ring substituents is 1. The highest BCUT2D eigenvalue weighted by Crippen LogP contribution is 2.25. The summed E-state index contributed by atoms with van der Waals surface area (Å²) in [5, 5.41) is 14.8. The lowest BCUT2D eigenvalue weighted by Gasteiger charge is -2.13. The Kier molecular flexibility index (Phi) is 4.02. The molecule has 2 aromatic rings. The van der Waals surface area contributed by atoms with Crippen LogP contribution < -0.4 is 0 Å². The molecular weight excluding hydrogens is 274 g/mol. The summed E-state index contributed by atoms with van der Waals surface area (Å²) in [5.41, 5.74) is 1.49. The van der Waals surface area contributed by atoms with Crippen molar-refractivity contribution in [1.29, 1.82) is 0 Å². The lowest BCUT2D eigenvalue weighted by Crippen LogP contribution is -2.09. The van der Waals surface area contributed by atoms with Crippen LogP contribution in [0.15, 0.2) is 30.6 Å². The number of carbonyl (C=O) groups is 1. The van der Waals surface area contributed by atoms with Crippen LogP contribution in [0, 0.1) is 17.0 Å². The van der Waals surface area contributed by atoms with Gasteiger partial charge < -0.3 is 4.74 Å². The van der Waals surface area contributed by atoms with E-state index in [-0.39, 0.29) is 5.69 Å². The van der Waals surface area contributed by atoms with Gasteiger partial charge in [-0.3, -0.25) is 14.8 Å². The number of nitro groups is 1. The Hall–Kier alpha value is -2.70. The van der Waals surface area contributed by atoms with Crippen molar-refractivity contribution in [2.45, 2.75) is 20.0 Å². The molecule has 0 saturated carbocycles. The Labute approximate surface area is 121 Å². The van der Waals surface area contributed by atoms with Gasteiger partial charge in [0, 0.05) is 24.9 Å². The molecular formula is C14H15N3O4. The topological polar surface area (TPSA) is 87.3 Å². The van der Waals surface area contributed by atoms with Gasteiger partial charge in [0.15, 0.2) is 0 Å². The number of carbonyl (C=O) groups excluding carboxylic acids is 1. The van der Waals surface area contributed by atoms with Crippen LogP contribution in [-0.4, -0.2) is 20.7 Å². The number of nitrogens with zero attached hydrogens (tertiary/aromatic N) is 3. The van der Waals surface area contributed by atoms with E-state index in [0.717, 1.165) is 0 Å². The Balaban J connectivity index is 2.17. The molecule has 0 radical (unpaired) electrons. The third kappa shape index (κ3) is 3.25. The summed E-state index contributed by atoms with van der Waals surface area (Å²) in [7, 11) is 1.70. The summed E-state index contributed by atoms with van der Waals surface area (Å²) < 4.78 is 6.79. The fraction of sp³-hybridized carbons (Fsp3) is 0.286. The molecule has 21 heavy (non-hydrogen) atoms. The highest BCUT2D eigenvalue weighted by atomic mass is 16.6. The van der Waals surface area contributed by atoms with E-state index < -0.39 is 17.0 Å². The number of hydrogen-bond acceptors (Lipinski definition) is 5. The number of rotatable bonds is 4. The van der Waals surface area contributed by atoms with E-state index >= 15 is 0 Å². The van der Waals surface area contributed by atoms with E-state index in [1.165, 1.54) is 16.9 Å². The molecule has 1 atom stereocenters. The van der Waals surface area contributed by atoms with Gasteiger partial charge in [-0.05, 0) is 19.4 Å². The molecule has 0 amide bonds. The minimum atomic E-state index is -0.586. The number of hydrogen-bond donors (Lipinski definition) is 0. The molecule has 7 nitrogen and oxygen atoms in total. The minimum Gasteiger partial charge on any atom is -0.454 e. The van der Waals surface area contributed by atoms with Gasteiger partial charge in [0.25, 0.3) is 5.69 Å². The maximum atomic E-state index is 11.9. The SMILES string of the molecule is Cc1ccc(C(C)OC(=O)c2cnn(C)c2)cc1[N+](=O)[O-]. The van der Waals surface area contributed by atoms with Gasteiger partial charge in [-0.15, -0.1) is 0 Å². The highest BCUT2D eigenvalue weighted by Gasteiger charge is 2.18. The first-order chi connectivity index (χ1) is 9.88. The van der Waals surface area contributed by atoms with Crippen LogP contribution in [0.25, 0.3) is 0 Å². The summed E-state index contributed by atoms with van der Waals surface area (Å²) in [6, 6.07) is 4.78. The van der Waals surface area contributed by atoms with E-state index in [9.17, 15) is 14.9 Å². The molecule has 7 heteroatoms. The van der Waals surface area contributed by atoms with Crippen LogP contribution >= 0.6 is 0 Å². The number of esters is 1. The summed E-state index contributed by atoms with van der Waals surface area (Å²) in [4.78, 5) is 22.4. The lowest BCUT2D eigenvalue weighted by atomic mass is 10.1. The van der Waals surface area contributed by atoms with Crippen LogP contribution in [0.2, 0.25) is 0 Å². The van der Waals surface area contributed by atoms with Crippen LogP contribution in [0.1, 0.15) is 34.5 Å². The third-order valence-corrected chi connectivity index (χ3v) is 3.12. The molecule has 0 aliphatic carbocycles. The molecule has 0 fully saturated rings. The van der Waals surface area contributed by atoms with E-state index in [0.29, 0.717) is 16.7 Å². The zero-order valence-electron chi connectivity index (χ0n) is 11.9. The molecule has 1 unspecified atom stereocenters.